The Balaban J connectivity index is 1.74. The highest BCUT2D eigenvalue weighted by atomic mass is 19.4. The molecule has 1 amide bonds. The maximum absolute atomic E-state index is 13.9. The van der Waals surface area contributed by atoms with Gasteiger partial charge in [-0.05, 0) is 26.3 Å². The molecule has 0 unspecified atom stereocenters. The Morgan fingerprint density at radius 2 is 1.86 bits per heavy atom. The van der Waals surface area contributed by atoms with Crippen molar-refractivity contribution in [3.05, 3.63) is 53.1 Å². The molecule has 0 spiro atoms. The number of hydrogen-bond acceptors (Lipinski definition) is 3. The Morgan fingerprint density at radius 3 is 2.52 bits per heavy atom. The predicted octanol–water partition coefficient (Wildman–Crippen LogP) is 3.97. The molecular weight excluding hydrogens is 388 g/mol. The van der Waals surface area contributed by atoms with Crippen molar-refractivity contribution < 1.29 is 22.4 Å². The van der Waals surface area contributed by atoms with Crippen molar-refractivity contribution in [2.45, 2.75) is 39.0 Å². The van der Waals surface area contributed by atoms with Gasteiger partial charge in [0, 0.05) is 44.3 Å². The van der Waals surface area contributed by atoms with Gasteiger partial charge < -0.3 is 4.90 Å². The third-order valence-corrected chi connectivity index (χ3v) is 5.01. The van der Waals surface area contributed by atoms with Gasteiger partial charge in [-0.3, -0.25) is 14.4 Å². The van der Waals surface area contributed by atoms with Crippen molar-refractivity contribution in [3.8, 4) is 0 Å². The molecule has 0 saturated carbocycles. The van der Waals surface area contributed by atoms with Gasteiger partial charge in [0.25, 0.3) is 5.91 Å². The van der Waals surface area contributed by atoms with Crippen molar-refractivity contribution in [2.75, 3.05) is 26.2 Å². The van der Waals surface area contributed by atoms with Crippen molar-refractivity contribution >= 4 is 5.91 Å². The molecule has 2 aromatic rings. The smallest absolute Gasteiger partial charge is 0.337 e. The van der Waals surface area contributed by atoms with Gasteiger partial charge in [-0.2, -0.15) is 18.3 Å². The average Bonchev–Trinajstić information content (AvgIpc) is 2.99. The van der Waals surface area contributed by atoms with Crippen LogP contribution in [0.4, 0.5) is 17.6 Å². The first kappa shape index (κ1) is 21.3. The van der Waals surface area contributed by atoms with E-state index < -0.39 is 29.4 Å². The Morgan fingerprint density at radius 1 is 1.14 bits per heavy atom. The van der Waals surface area contributed by atoms with Crippen molar-refractivity contribution in [3.63, 3.8) is 0 Å². The maximum atomic E-state index is 13.9. The van der Waals surface area contributed by atoms with Crippen LogP contribution in [-0.2, 0) is 12.7 Å². The van der Waals surface area contributed by atoms with E-state index in [9.17, 15) is 22.4 Å². The number of alkyl halides is 3. The molecule has 3 rings (SSSR count). The van der Waals surface area contributed by atoms with Crippen LogP contribution in [0.5, 0.6) is 0 Å². The van der Waals surface area contributed by atoms with Crippen LogP contribution in [0.1, 0.15) is 47.9 Å². The standard InChI is InChI=1S/C20H24F4N4O/c1-14(2)28-18(20(22,23)24)16(12-25-28)19(29)27-9-5-8-26(10-11-27)13-15-6-3-4-7-17(15)21/h3-4,6-7,12,14H,5,8-11,13H2,1-2H3. The second kappa shape index (κ2) is 8.52. The van der Waals surface area contributed by atoms with E-state index in [0.717, 1.165) is 10.9 Å². The molecule has 0 bridgehead atoms. The summed E-state index contributed by atoms with van der Waals surface area (Å²) >= 11 is 0. The Bertz CT molecular complexity index is 862. The Kier molecular flexibility index (Phi) is 6.26. The molecule has 1 saturated heterocycles. The molecule has 2 heterocycles. The predicted molar refractivity (Wildman–Crippen MR) is 99.8 cm³/mol. The zero-order valence-corrected chi connectivity index (χ0v) is 16.4. The summed E-state index contributed by atoms with van der Waals surface area (Å²) < 4.78 is 55.5. The van der Waals surface area contributed by atoms with Gasteiger partial charge in [-0.15, -0.1) is 0 Å². The fourth-order valence-corrected chi connectivity index (χ4v) is 3.56. The SMILES string of the molecule is CC(C)n1ncc(C(=O)N2CCCN(Cc3ccccc3F)CC2)c1C(F)(F)F. The number of carbonyl (C=O) groups is 1. The van der Waals surface area contributed by atoms with E-state index in [2.05, 4.69) is 5.10 Å². The van der Waals surface area contributed by atoms with Crippen LogP contribution >= 0.6 is 0 Å². The summed E-state index contributed by atoms with van der Waals surface area (Å²) in [6.07, 6.45) is -3.07. The molecule has 1 aliphatic heterocycles. The lowest BCUT2D eigenvalue weighted by molar-refractivity contribution is -0.145. The van der Waals surface area contributed by atoms with Crippen LogP contribution < -0.4 is 0 Å². The summed E-state index contributed by atoms with van der Waals surface area (Å²) in [4.78, 5) is 16.3. The molecule has 29 heavy (non-hydrogen) atoms. The van der Waals surface area contributed by atoms with E-state index in [4.69, 9.17) is 0 Å². The highest BCUT2D eigenvalue weighted by molar-refractivity contribution is 5.95. The van der Waals surface area contributed by atoms with Crippen molar-refractivity contribution in [1.82, 2.24) is 19.6 Å². The number of hydrogen-bond donors (Lipinski definition) is 0. The van der Waals surface area contributed by atoms with Gasteiger partial charge in [0.15, 0.2) is 5.69 Å². The molecule has 0 aliphatic carbocycles. The first-order valence-corrected chi connectivity index (χ1v) is 9.58. The number of carbonyl (C=O) groups excluding carboxylic acids is 1. The lowest BCUT2D eigenvalue weighted by Crippen LogP contribution is -2.36. The average molecular weight is 412 g/mol. The van der Waals surface area contributed by atoms with E-state index >= 15 is 0 Å². The second-order valence-electron chi connectivity index (χ2n) is 7.46. The highest BCUT2D eigenvalue weighted by Crippen LogP contribution is 2.34. The van der Waals surface area contributed by atoms with Crippen LogP contribution in [0.15, 0.2) is 30.5 Å². The molecule has 9 heteroatoms. The fourth-order valence-electron chi connectivity index (χ4n) is 3.56. The molecule has 0 N–H and O–H groups in total. The molecule has 5 nitrogen and oxygen atoms in total. The highest BCUT2D eigenvalue weighted by Gasteiger charge is 2.41. The van der Waals surface area contributed by atoms with E-state index in [1.807, 2.05) is 4.90 Å². The van der Waals surface area contributed by atoms with Gasteiger partial charge in [0.05, 0.1) is 11.8 Å². The zero-order valence-electron chi connectivity index (χ0n) is 16.4. The quantitative estimate of drug-likeness (QED) is 0.714. The van der Waals surface area contributed by atoms with Crippen molar-refractivity contribution in [1.29, 1.82) is 0 Å². The molecule has 158 valence electrons. The monoisotopic (exact) mass is 412 g/mol. The number of benzene rings is 1. The Hall–Kier alpha value is -2.42. The van der Waals surface area contributed by atoms with Gasteiger partial charge in [-0.1, -0.05) is 18.2 Å². The summed E-state index contributed by atoms with van der Waals surface area (Å²) in [5, 5.41) is 3.80. The van der Waals surface area contributed by atoms with E-state index in [1.165, 1.54) is 11.0 Å². The molecule has 1 aliphatic rings. The van der Waals surface area contributed by atoms with Gasteiger partial charge in [0.2, 0.25) is 0 Å². The van der Waals surface area contributed by atoms with Gasteiger partial charge >= 0.3 is 6.18 Å². The van der Waals surface area contributed by atoms with Crippen molar-refractivity contribution in [2.24, 2.45) is 0 Å². The molecular formula is C20H24F4N4O. The number of nitrogens with zero attached hydrogens (tertiary/aromatic N) is 4. The first-order chi connectivity index (χ1) is 13.7. The summed E-state index contributed by atoms with van der Waals surface area (Å²) in [7, 11) is 0. The van der Waals surface area contributed by atoms with Crippen LogP contribution in [0.3, 0.4) is 0 Å². The third-order valence-electron chi connectivity index (χ3n) is 5.01. The number of halogens is 4. The van der Waals surface area contributed by atoms with E-state index in [0.29, 0.717) is 38.2 Å². The number of aromatic nitrogens is 2. The largest absolute Gasteiger partial charge is 0.433 e. The summed E-state index contributed by atoms with van der Waals surface area (Å²) in [5.41, 5.74) is -0.872. The van der Waals surface area contributed by atoms with Gasteiger partial charge in [-0.25, -0.2) is 4.39 Å². The normalized spacial score (nSPS) is 16.3. The minimum absolute atomic E-state index is 0.275. The van der Waals surface area contributed by atoms with Crippen LogP contribution in [0.2, 0.25) is 0 Å². The number of rotatable bonds is 4. The lowest BCUT2D eigenvalue weighted by Gasteiger charge is -2.23. The summed E-state index contributed by atoms with van der Waals surface area (Å²) in [5.74, 6) is -0.961. The minimum Gasteiger partial charge on any atom is -0.337 e. The van der Waals surface area contributed by atoms with E-state index in [-0.39, 0.29) is 12.4 Å². The van der Waals surface area contributed by atoms with Crippen LogP contribution in [0, 0.1) is 5.82 Å². The molecule has 0 atom stereocenters. The van der Waals surface area contributed by atoms with E-state index in [1.54, 1.807) is 32.0 Å². The molecule has 1 aromatic carbocycles. The first-order valence-electron chi connectivity index (χ1n) is 9.58. The summed E-state index contributed by atoms with van der Waals surface area (Å²) in [6, 6.07) is 5.97. The summed E-state index contributed by atoms with van der Waals surface area (Å²) in [6.45, 7) is 5.28. The maximum Gasteiger partial charge on any atom is 0.433 e. The molecule has 0 radical (unpaired) electrons. The van der Waals surface area contributed by atoms with Crippen LogP contribution in [0.25, 0.3) is 0 Å². The minimum atomic E-state index is -4.67. The lowest BCUT2D eigenvalue weighted by atomic mass is 10.2. The van der Waals surface area contributed by atoms with Crippen LogP contribution in [-0.4, -0.2) is 51.7 Å². The second-order valence-corrected chi connectivity index (χ2v) is 7.46. The fraction of sp³-hybridized carbons (Fsp3) is 0.500. The van der Waals surface area contributed by atoms with Gasteiger partial charge in [0.1, 0.15) is 5.82 Å². The number of amides is 1. The molecule has 1 fully saturated rings. The third kappa shape index (κ3) is 4.77. The zero-order chi connectivity index (χ0) is 21.2. The molecule has 1 aromatic heterocycles. The Labute approximate surface area is 166 Å². The topological polar surface area (TPSA) is 41.4 Å².